The molecule has 1 saturated heterocycles. The molecule has 1 aliphatic rings. The molecule has 1 N–H and O–H groups in total. The number of carbonyl (C=O) groups excluding carboxylic acids is 2. The normalized spacial score (nSPS) is 19.4. The van der Waals surface area contributed by atoms with Gasteiger partial charge in [-0.15, -0.1) is 0 Å². The van der Waals surface area contributed by atoms with E-state index in [-0.39, 0.29) is 24.3 Å². The van der Waals surface area contributed by atoms with Crippen LogP contribution in [0.3, 0.4) is 0 Å². The van der Waals surface area contributed by atoms with Crippen LogP contribution in [0.25, 0.3) is 0 Å². The van der Waals surface area contributed by atoms with Crippen LogP contribution in [-0.4, -0.2) is 38.6 Å². The molecular formula is C14H22N4O2. The third-order valence-electron chi connectivity index (χ3n) is 3.56. The molecule has 0 aromatic carbocycles. The summed E-state index contributed by atoms with van der Waals surface area (Å²) in [5.41, 5.74) is 2.11. The Bertz CT molecular complexity index is 521. The number of aromatic nitrogens is 2. The zero-order chi connectivity index (χ0) is 14.9. The van der Waals surface area contributed by atoms with E-state index >= 15 is 0 Å². The summed E-state index contributed by atoms with van der Waals surface area (Å²) < 4.78 is 1.78. The van der Waals surface area contributed by atoms with Gasteiger partial charge in [0.2, 0.25) is 11.8 Å². The largest absolute Gasteiger partial charge is 0.301 e. The topological polar surface area (TPSA) is 67.2 Å². The standard InChI is InChI=1S/C14H22N4O2/c1-5-11-10(8-17(4)16-11)7-15-12-6-13(19)18(9(2)3)14(12)20/h8-9,12,15H,5-7H2,1-4H3. The van der Waals surface area contributed by atoms with E-state index in [0.717, 1.165) is 17.7 Å². The van der Waals surface area contributed by atoms with Crippen LogP contribution in [0, 0.1) is 0 Å². The molecule has 1 aliphatic heterocycles. The van der Waals surface area contributed by atoms with Gasteiger partial charge in [0.05, 0.1) is 18.2 Å². The first-order valence-electron chi connectivity index (χ1n) is 7.04. The van der Waals surface area contributed by atoms with Crippen LogP contribution in [0.4, 0.5) is 0 Å². The van der Waals surface area contributed by atoms with Crippen molar-refractivity contribution in [1.82, 2.24) is 20.0 Å². The van der Waals surface area contributed by atoms with Gasteiger partial charge in [-0.25, -0.2) is 0 Å². The lowest BCUT2D eigenvalue weighted by atomic mass is 10.2. The summed E-state index contributed by atoms with van der Waals surface area (Å²) in [6.07, 6.45) is 3.06. The molecule has 1 fully saturated rings. The van der Waals surface area contributed by atoms with Gasteiger partial charge in [0.1, 0.15) is 0 Å². The van der Waals surface area contributed by atoms with E-state index in [2.05, 4.69) is 17.3 Å². The van der Waals surface area contributed by atoms with E-state index in [9.17, 15) is 9.59 Å². The fourth-order valence-corrected chi connectivity index (χ4v) is 2.62. The summed E-state index contributed by atoms with van der Waals surface area (Å²) in [5.74, 6) is -0.212. The molecule has 1 unspecified atom stereocenters. The van der Waals surface area contributed by atoms with Gasteiger partial charge in [-0.2, -0.15) is 5.10 Å². The number of imide groups is 1. The second-order valence-electron chi connectivity index (χ2n) is 5.46. The third kappa shape index (κ3) is 2.75. The number of likely N-dealkylation sites (tertiary alicyclic amines) is 1. The molecule has 1 aromatic rings. The van der Waals surface area contributed by atoms with E-state index in [1.807, 2.05) is 27.1 Å². The maximum Gasteiger partial charge on any atom is 0.247 e. The molecule has 0 spiro atoms. The molecule has 1 aromatic heterocycles. The van der Waals surface area contributed by atoms with Crippen molar-refractivity contribution in [3.05, 3.63) is 17.5 Å². The lowest BCUT2D eigenvalue weighted by Crippen LogP contribution is -2.41. The first-order valence-corrected chi connectivity index (χ1v) is 7.04. The molecule has 1 atom stereocenters. The van der Waals surface area contributed by atoms with Crippen LogP contribution in [0.2, 0.25) is 0 Å². The predicted molar refractivity (Wildman–Crippen MR) is 74.8 cm³/mol. The minimum atomic E-state index is -0.408. The summed E-state index contributed by atoms with van der Waals surface area (Å²) in [6.45, 7) is 6.33. The van der Waals surface area contributed by atoms with Gasteiger partial charge in [0.25, 0.3) is 0 Å². The number of hydrogen-bond acceptors (Lipinski definition) is 4. The van der Waals surface area contributed by atoms with Crippen molar-refractivity contribution < 1.29 is 9.59 Å². The Morgan fingerprint density at radius 2 is 2.15 bits per heavy atom. The fourth-order valence-electron chi connectivity index (χ4n) is 2.62. The summed E-state index contributed by atoms with van der Waals surface area (Å²) >= 11 is 0. The Balaban J connectivity index is 2.01. The molecular weight excluding hydrogens is 256 g/mol. The average molecular weight is 278 g/mol. The number of carbonyl (C=O) groups is 2. The predicted octanol–water partition coefficient (Wildman–Crippen LogP) is 0.608. The van der Waals surface area contributed by atoms with Gasteiger partial charge in [-0.3, -0.25) is 19.2 Å². The zero-order valence-corrected chi connectivity index (χ0v) is 12.5. The van der Waals surface area contributed by atoms with Crippen LogP contribution in [0.1, 0.15) is 38.4 Å². The molecule has 2 heterocycles. The summed E-state index contributed by atoms with van der Waals surface area (Å²) in [5, 5.41) is 7.55. The smallest absolute Gasteiger partial charge is 0.247 e. The van der Waals surface area contributed by atoms with E-state index in [1.165, 1.54) is 4.90 Å². The van der Waals surface area contributed by atoms with Crippen LogP contribution >= 0.6 is 0 Å². The first kappa shape index (κ1) is 14.7. The monoisotopic (exact) mass is 278 g/mol. The number of rotatable bonds is 5. The van der Waals surface area contributed by atoms with Gasteiger partial charge in [0.15, 0.2) is 0 Å². The number of nitrogens with zero attached hydrogens (tertiary/aromatic N) is 3. The Hall–Kier alpha value is -1.69. The first-order chi connectivity index (χ1) is 9.43. The second kappa shape index (κ2) is 5.75. The number of hydrogen-bond donors (Lipinski definition) is 1. The molecule has 20 heavy (non-hydrogen) atoms. The van der Waals surface area contributed by atoms with E-state index < -0.39 is 6.04 Å². The quantitative estimate of drug-likeness (QED) is 0.801. The summed E-state index contributed by atoms with van der Waals surface area (Å²) in [7, 11) is 1.88. The fraction of sp³-hybridized carbons (Fsp3) is 0.643. The summed E-state index contributed by atoms with van der Waals surface area (Å²) in [4.78, 5) is 25.3. The second-order valence-corrected chi connectivity index (χ2v) is 5.46. The molecule has 0 radical (unpaired) electrons. The maximum absolute atomic E-state index is 12.2. The lowest BCUT2D eigenvalue weighted by molar-refractivity contribution is -0.140. The van der Waals surface area contributed by atoms with E-state index in [0.29, 0.717) is 6.54 Å². The average Bonchev–Trinajstić information content (AvgIpc) is 2.86. The lowest BCUT2D eigenvalue weighted by Gasteiger charge is -2.19. The van der Waals surface area contributed by atoms with Crippen molar-refractivity contribution >= 4 is 11.8 Å². The SMILES string of the molecule is CCc1nn(C)cc1CNC1CC(=O)N(C(C)C)C1=O. The number of aryl methyl sites for hydroxylation is 2. The highest BCUT2D eigenvalue weighted by molar-refractivity contribution is 6.05. The molecule has 0 bridgehead atoms. The highest BCUT2D eigenvalue weighted by atomic mass is 16.2. The maximum atomic E-state index is 12.2. The minimum Gasteiger partial charge on any atom is -0.301 e. The van der Waals surface area contributed by atoms with Crippen molar-refractivity contribution in [3.8, 4) is 0 Å². The Labute approximate surface area is 119 Å². The molecule has 2 amide bonds. The molecule has 110 valence electrons. The van der Waals surface area contributed by atoms with Crippen molar-refractivity contribution in [2.45, 2.75) is 52.2 Å². The Morgan fingerprint density at radius 1 is 1.45 bits per heavy atom. The third-order valence-corrected chi connectivity index (χ3v) is 3.56. The van der Waals surface area contributed by atoms with E-state index in [4.69, 9.17) is 0 Å². The van der Waals surface area contributed by atoms with Gasteiger partial charge >= 0.3 is 0 Å². The highest BCUT2D eigenvalue weighted by Gasteiger charge is 2.39. The molecule has 6 heteroatoms. The van der Waals surface area contributed by atoms with E-state index in [1.54, 1.807) is 4.68 Å². The van der Waals surface area contributed by atoms with Crippen LogP contribution in [0.15, 0.2) is 6.20 Å². The van der Waals surface area contributed by atoms with Gasteiger partial charge in [-0.1, -0.05) is 6.92 Å². The van der Waals surface area contributed by atoms with Crippen molar-refractivity contribution in [2.75, 3.05) is 0 Å². The number of nitrogens with one attached hydrogen (secondary N) is 1. The zero-order valence-electron chi connectivity index (χ0n) is 12.5. The van der Waals surface area contributed by atoms with Crippen molar-refractivity contribution in [2.24, 2.45) is 7.05 Å². The van der Waals surface area contributed by atoms with Crippen LogP contribution in [-0.2, 0) is 29.6 Å². The Morgan fingerprint density at radius 3 is 2.70 bits per heavy atom. The number of amides is 2. The van der Waals surface area contributed by atoms with Crippen molar-refractivity contribution in [1.29, 1.82) is 0 Å². The minimum absolute atomic E-state index is 0.0774. The van der Waals surface area contributed by atoms with Gasteiger partial charge < -0.3 is 5.32 Å². The van der Waals surface area contributed by atoms with Gasteiger partial charge in [-0.05, 0) is 20.3 Å². The van der Waals surface area contributed by atoms with Crippen molar-refractivity contribution in [3.63, 3.8) is 0 Å². The molecule has 0 aliphatic carbocycles. The van der Waals surface area contributed by atoms with Crippen LogP contribution in [0.5, 0.6) is 0 Å². The molecule has 0 saturated carbocycles. The highest BCUT2D eigenvalue weighted by Crippen LogP contribution is 2.17. The Kier molecular flexibility index (Phi) is 4.23. The van der Waals surface area contributed by atoms with Crippen LogP contribution < -0.4 is 5.32 Å². The molecule has 2 rings (SSSR count). The summed E-state index contributed by atoms with van der Waals surface area (Å²) in [6, 6.07) is -0.485. The molecule has 6 nitrogen and oxygen atoms in total. The van der Waals surface area contributed by atoms with Gasteiger partial charge in [0, 0.05) is 31.4 Å².